The van der Waals surface area contributed by atoms with E-state index in [1.54, 1.807) is 19.1 Å². The van der Waals surface area contributed by atoms with Crippen LogP contribution >= 0.6 is 11.6 Å². The van der Waals surface area contributed by atoms with Crippen molar-refractivity contribution in [2.45, 2.75) is 64.4 Å². The minimum atomic E-state index is -4.14. The number of sulfonamides is 1. The first-order valence-corrected chi connectivity index (χ1v) is 15.0. The lowest BCUT2D eigenvalue weighted by Gasteiger charge is -2.33. The molecule has 3 aromatic carbocycles. The fraction of sp³-hybridized carbons (Fsp3) is 0.355. The van der Waals surface area contributed by atoms with Gasteiger partial charge in [0.1, 0.15) is 12.6 Å². The van der Waals surface area contributed by atoms with Crippen LogP contribution in [0.3, 0.4) is 0 Å². The fourth-order valence-corrected chi connectivity index (χ4v) is 5.72. The minimum Gasteiger partial charge on any atom is -0.350 e. The van der Waals surface area contributed by atoms with Crippen molar-refractivity contribution in [3.63, 3.8) is 0 Å². The molecule has 0 saturated carbocycles. The zero-order valence-corrected chi connectivity index (χ0v) is 25.5. The van der Waals surface area contributed by atoms with Crippen LogP contribution in [-0.2, 0) is 26.0 Å². The molecule has 0 fully saturated rings. The number of nitrogens with one attached hydrogen (secondary N) is 1. The highest BCUT2D eigenvalue weighted by Crippen LogP contribution is 2.27. The number of rotatable bonds is 10. The topological polar surface area (TPSA) is 86.8 Å². The zero-order valence-electron chi connectivity index (χ0n) is 23.9. The summed E-state index contributed by atoms with van der Waals surface area (Å²) >= 11 is 6.01. The molecule has 1 N–H and O–H groups in total. The molecule has 0 spiro atoms. The zero-order chi connectivity index (χ0) is 29.7. The maximum absolute atomic E-state index is 14.0. The molecule has 1 atom stereocenters. The second-order valence-electron chi connectivity index (χ2n) is 11.0. The molecule has 0 aliphatic carbocycles. The van der Waals surface area contributed by atoms with Crippen molar-refractivity contribution in [2.75, 3.05) is 17.4 Å². The van der Waals surface area contributed by atoms with Crippen molar-refractivity contribution >= 4 is 39.1 Å². The summed E-state index contributed by atoms with van der Waals surface area (Å²) in [6.45, 7) is 10.9. The largest absolute Gasteiger partial charge is 0.350 e. The normalized spacial score (nSPS) is 12.5. The molecule has 2 amide bonds. The van der Waals surface area contributed by atoms with Gasteiger partial charge in [0.05, 0.1) is 10.6 Å². The fourth-order valence-electron chi connectivity index (χ4n) is 4.19. The molecule has 9 heteroatoms. The van der Waals surface area contributed by atoms with Crippen molar-refractivity contribution in [2.24, 2.45) is 0 Å². The van der Waals surface area contributed by atoms with Crippen molar-refractivity contribution in [1.82, 2.24) is 10.2 Å². The number of hydrogen-bond donors (Lipinski definition) is 1. The van der Waals surface area contributed by atoms with Gasteiger partial charge in [-0.3, -0.25) is 13.9 Å². The van der Waals surface area contributed by atoms with E-state index in [4.69, 9.17) is 11.6 Å². The van der Waals surface area contributed by atoms with E-state index in [0.717, 1.165) is 21.0 Å². The lowest BCUT2D eigenvalue weighted by molar-refractivity contribution is -0.139. The van der Waals surface area contributed by atoms with Gasteiger partial charge in [-0.2, -0.15) is 0 Å². The molecule has 0 saturated heterocycles. The van der Waals surface area contributed by atoms with Gasteiger partial charge >= 0.3 is 0 Å². The summed E-state index contributed by atoms with van der Waals surface area (Å²) in [7, 11) is -4.14. The number of carbonyl (C=O) groups excluding carboxylic acids is 2. The van der Waals surface area contributed by atoms with E-state index >= 15 is 0 Å². The Morgan fingerprint density at radius 3 is 2.12 bits per heavy atom. The molecule has 0 aromatic heterocycles. The van der Waals surface area contributed by atoms with E-state index in [1.807, 2.05) is 71.0 Å². The first kappa shape index (κ1) is 31.2. The van der Waals surface area contributed by atoms with Gasteiger partial charge in [0.15, 0.2) is 0 Å². The average molecular weight is 584 g/mol. The number of carbonyl (C=O) groups is 2. The molecule has 7 nitrogen and oxygen atoms in total. The van der Waals surface area contributed by atoms with E-state index in [1.165, 1.54) is 29.2 Å². The van der Waals surface area contributed by atoms with Crippen LogP contribution < -0.4 is 9.62 Å². The number of hydrogen-bond acceptors (Lipinski definition) is 4. The number of amides is 2. The Kier molecular flexibility index (Phi) is 10.0. The monoisotopic (exact) mass is 583 g/mol. The maximum Gasteiger partial charge on any atom is 0.264 e. The van der Waals surface area contributed by atoms with Crippen LogP contribution in [0.1, 0.15) is 44.4 Å². The van der Waals surface area contributed by atoms with E-state index in [2.05, 4.69) is 5.32 Å². The molecule has 0 aliphatic heterocycles. The van der Waals surface area contributed by atoms with Crippen molar-refractivity contribution in [1.29, 1.82) is 0 Å². The van der Waals surface area contributed by atoms with Gasteiger partial charge in [-0.1, -0.05) is 48.0 Å². The van der Waals surface area contributed by atoms with Gasteiger partial charge in [0, 0.05) is 17.1 Å². The predicted octanol–water partition coefficient (Wildman–Crippen LogP) is 5.53. The molecule has 1 unspecified atom stereocenters. The number of benzene rings is 3. The van der Waals surface area contributed by atoms with Gasteiger partial charge in [0.25, 0.3) is 10.0 Å². The number of nitrogens with zero attached hydrogens (tertiary/aromatic N) is 2. The van der Waals surface area contributed by atoms with Gasteiger partial charge < -0.3 is 10.2 Å². The van der Waals surface area contributed by atoms with Gasteiger partial charge in [0.2, 0.25) is 11.8 Å². The quantitative estimate of drug-likeness (QED) is 0.340. The Balaban J connectivity index is 2.01. The second-order valence-corrected chi connectivity index (χ2v) is 13.3. The molecule has 40 heavy (non-hydrogen) atoms. The Morgan fingerprint density at radius 2 is 1.55 bits per heavy atom. The standard InChI is InChI=1S/C31H38ClN3O4S/c1-22-12-15-27(20-23(22)2)35(40(38,39)28-16-13-26(32)14-17-28)21-29(36)34(19-18-25-10-8-7-9-11-25)24(3)30(37)33-31(4,5)6/h7-17,20,24H,18-19,21H2,1-6H3,(H,33,37). The molecule has 0 radical (unpaired) electrons. The molecule has 0 heterocycles. The Hall–Kier alpha value is -3.36. The van der Waals surface area contributed by atoms with Crippen molar-refractivity contribution < 1.29 is 18.0 Å². The second kappa shape index (κ2) is 12.9. The van der Waals surface area contributed by atoms with Crippen LogP contribution in [0, 0.1) is 13.8 Å². The van der Waals surface area contributed by atoms with Gasteiger partial charge in [-0.25, -0.2) is 8.42 Å². The average Bonchev–Trinajstić information content (AvgIpc) is 2.88. The Bertz CT molecular complexity index is 1440. The highest BCUT2D eigenvalue weighted by atomic mass is 35.5. The lowest BCUT2D eigenvalue weighted by atomic mass is 10.1. The lowest BCUT2D eigenvalue weighted by Crippen LogP contribution is -2.55. The predicted molar refractivity (Wildman–Crippen MR) is 161 cm³/mol. The summed E-state index contributed by atoms with van der Waals surface area (Å²) in [5.41, 5.74) is 2.75. The third-order valence-corrected chi connectivity index (χ3v) is 8.65. The first-order chi connectivity index (χ1) is 18.7. The highest BCUT2D eigenvalue weighted by Gasteiger charge is 2.33. The Labute approximate surface area is 243 Å². The number of aryl methyl sites for hydroxylation is 2. The van der Waals surface area contributed by atoms with Crippen molar-refractivity contribution in [3.8, 4) is 0 Å². The maximum atomic E-state index is 14.0. The summed E-state index contributed by atoms with van der Waals surface area (Å²) in [4.78, 5) is 28.6. The number of anilines is 1. The van der Waals surface area contributed by atoms with Crippen LogP contribution in [0.2, 0.25) is 5.02 Å². The number of halogens is 1. The summed E-state index contributed by atoms with van der Waals surface area (Å²) in [6, 6.07) is 19.9. The minimum absolute atomic E-state index is 0.0114. The molecular weight excluding hydrogens is 546 g/mol. The first-order valence-electron chi connectivity index (χ1n) is 13.2. The third-order valence-electron chi connectivity index (χ3n) is 6.61. The summed E-state index contributed by atoms with van der Waals surface area (Å²) in [5, 5.41) is 3.34. The van der Waals surface area contributed by atoms with E-state index < -0.39 is 34.1 Å². The van der Waals surface area contributed by atoms with Crippen LogP contribution in [-0.4, -0.2) is 49.8 Å². The van der Waals surface area contributed by atoms with Crippen LogP contribution in [0.15, 0.2) is 77.7 Å². The summed E-state index contributed by atoms with van der Waals surface area (Å²) in [6.07, 6.45) is 0.507. The van der Waals surface area contributed by atoms with Gasteiger partial charge in [-0.15, -0.1) is 0 Å². The van der Waals surface area contributed by atoms with E-state index in [9.17, 15) is 18.0 Å². The van der Waals surface area contributed by atoms with Crippen LogP contribution in [0.5, 0.6) is 0 Å². The van der Waals surface area contributed by atoms with Crippen LogP contribution in [0.25, 0.3) is 0 Å². The molecular formula is C31H38ClN3O4S. The molecule has 3 rings (SSSR count). The Morgan fingerprint density at radius 1 is 0.925 bits per heavy atom. The SMILES string of the molecule is Cc1ccc(N(CC(=O)N(CCc2ccccc2)C(C)C(=O)NC(C)(C)C)S(=O)(=O)c2ccc(Cl)cc2)cc1C. The molecule has 214 valence electrons. The highest BCUT2D eigenvalue weighted by molar-refractivity contribution is 7.92. The molecule has 0 aliphatic rings. The van der Waals surface area contributed by atoms with E-state index in [0.29, 0.717) is 17.1 Å². The summed E-state index contributed by atoms with van der Waals surface area (Å²) in [5.74, 6) is -0.796. The third kappa shape index (κ3) is 8.08. The molecule has 0 bridgehead atoms. The molecule has 3 aromatic rings. The van der Waals surface area contributed by atoms with Crippen LogP contribution in [0.4, 0.5) is 5.69 Å². The van der Waals surface area contributed by atoms with Gasteiger partial charge in [-0.05, 0) is 101 Å². The van der Waals surface area contributed by atoms with E-state index in [-0.39, 0.29) is 17.3 Å². The summed E-state index contributed by atoms with van der Waals surface area (Å²) < 4.78 is 28.9. The smallest absolute Gasteiger partial charge is 0.264 e. The van der Waals surface area contributed by atoms with Crippen molar-refractivity contribution in [3.05, 3.63) is 94.5 Å².